The number of nitrogens with zero attached hydrogens (tertiary/aromatic N) is 1. The molecule has 6 nitrogen and oxygen atoms in total. The maximum absolute atomic E-state index is 13.7. The Hall–Kier alpha value is -3.29. The van der Waals surface area contributed by atoms with Crippen molar-refractivity contribution in [2.45, 2.75) is 13.3 Å². The molecule has 1 atom stereocenters. The lowest BCUT2D eigenvalue weighted by molar-refractivity contribution is -0.122. The third kappa shape index (κ3) is 4.11. The Labute approximate surface area is 154 Å². The lowest BCUT2D eigenvalue weighted by Gasteiger charge is -2.17. The Morgan fingerprint density at radius 3 is 2.26 bits per heavy atom. The number of benzene rings is 2. The van der Waals surface area contributed by atoms with Gasteiger partial charge in [-0.15, -0.1) is 0 Å². The Balaban J connectivity index is 1.69. The van der Waals surface area contributed by atoms with Crippen LogP contribution in [-0.4, -0.2) is 24.3 Å². The van der Waals surface area contributed by atoms with Crippen molar-refractivity contribution in [3.8, 4) is 0 Å². The van der Waals surface area contributed by atoms with Gasteiger partial charge in [0.2, 0.25) is 17.7 Å². The van der Waals surface area contributed by atoms with Crippen molar-refractivity contribution in [2.24, 2.45) is 5.92 Å². The van der Waals surface area contributed by atoms with Gasteiger partial charge in [0, 0.05) is 31.3 Å². The minimum atomic E-state index is -0.877. The lowest BCUT2D eigenvalue weighted by Crippen LogP contribution is -2.28. The van der Waals surface area contributed by atoms with Crippen molar-refractivity contribution in [1.29, 1.82) is 0 Å². The second kappa shape index (κ2) is 7.53. The van der Waals surface area contributed by atoms with Crippen LogP contribution in [0.4, 0.5) is 25.8 Å². The molecule has 1 heterocycles. The second-order valence-corrected chi connectivity index (χ2v) is 6.22. The number of rotatable bonds is 4. The molecule has 0 radical (unpaired) electrons. The highest BCUT2D eigenvalue weighted by Crippen LogP contribution is 2.28. The van der Waals surface area contributed by atoms with Crippen molar-refractivity contribution < 1.29 is 23.2 Å². The predicted octanol–water partition coefficient (Wildman–Crippen LogP) is 2.91. The summed E-state index contributed by atoms with van der Waals surface area (Å²) in [5, 5.41) is 4.85. The van der Waals surface area contributed by atoms with E-state index in [1.54, 1.807) is 24.3 Å². The van der Waals surface area contributed by atoms with Gasteiger partial charge in [0.05, 0.1) is 5.92 Å². The van der Waals surface area contributed by atoms with Crippen LogP contribution in [0.15, 0.2) is 42.5 Å². The maximum atomic E-state index is 13.7. The monoisotopic (exact) mass is 373 g/mol. The number of nitrogens with one attached hydrogen (secondary N) is 2. The van der Waals surface area contributed by atoms with Gasteiger partial charge in [0.15, 0.2) is 0 Å². The summed E-state index contributed by atoms with van der Waals surface area (Å²) in [6, 6.07) is 9.88. The van der Waals surface area contributed by atoms with Crippen molar-refractivity contribution in [3.63, 3.8) is 0 Å². The van der Waals surface area contributed by atoms with Gasteiger partial charge in [0.25, 0.3) is 0 Å². The molecule has 0 aliphatic carbocycles. The number of amides is 3. The fraction of sp³-hybridized carbons (Fsp3) is 0.211. The van der Waals surface area contributed by atoms with Crippen LogP contribution in [0.5, 0.6) is 0 Å². The fourth-order valence-electron chi connectivity index (χ4n) is 2.90. The summed E-state index contributed by atoms with van der Waals surface area (Å²) >= 11 is 0. The summed E-state index contributed by atoms with van der Waals surface area (Å²) < 4.78 is 27.4. The third-order valence-electron chi connectivity index (χ3n) is 4.21. The largest absolute Gasteiger partial charge is 0.326 e. The minimum Gasteiger partial charge on any atom is -0.326 e. The van der Waals surface area contributed by atoms with Gasteiger partial charge in [-0.25, -0.2) is 8.78 Å². The molecule has 8 heteroatoms. The van der Waals surface area contributed by atoms with E-state index in [9.17, 15) is 23.2 Å². The molecule has 140 valence electrons. The first-order valence-corrected chi connectivity index (χ1v) is 8.28. The average Bonchev–Trinajstić information content (AvgIpc) is 3.00. The van der Waals surface area contributed by atoms with Crippen LogP contribution in [0.3, 0.4) is 0 Å². The zero-order chi connectivity index (χ0) is 19.6. The maximum Gasteiger partial charge on any atom is 0.229 e. The topological polar surface area (TPSA) is 78.5 Å². The van der Waals surface area contributed by atoms with E-state index < -0.39 is 29.1 Å². The van der Waals surface area contributed by atoms with Gasteiger partial charge in [0.1, 0.15) is 17.3 Å². The lowest BCUT2D eigenvalue weighted by atomic mass is 10.1. The van der Waals surface area contributed by atoms with Gasteiger partial charge >= 0.3 is 0 Å². The van der Waals surface area contributed by atoms with Crippen molar-refractivity contribution in [3.05, 3.63) is 54.1 Å². The standard InChI is InChI=1S/C19H17F2N3O3/c1-11(25)22-13-5-7-14(8-6-13)24-10-12(9-17(24)26)19(27)23-18-15(20)3-2-4-16(18)21/h2-8,12H,9-10H2,1H3,(H,22,25)(H,23,27). The highest BCUT2D eigenvalue weighted by atomic mass is 19.1. The number of anilines is 3. The van der Waals surface area contributed by atoms with E-state index in [4.69, 9.17) is 0 Å². The van der Waals surface area contributed by atoms with Crippen LogP contribution in [0.2, 0.25) is 0 Å². The summed E-state index contributed by atoms with van der Waals surface area (Å²) in [6.07, 6.45) is -0.0602. The van der Waals surface area contributed by atoms with Gasteiger partial charge in [-0.3, -0.25) is 14.4 Å². The summed E-state index contributed by atoms with van der Waals surface area (Å²) in [7, 11) is 0. The first-order chi connectivity index (χ1) is 12.8. The minimum absolute atomic E-state index is 0.0602. The first-order valence-electron chi connectivity index (χ1n) is 8.28. The Kier molecular flexibility index (Phi) is 5.16. The SMILES string of the molecule is CC(=O)Nc1ccc(N2CC(C(=O)Nc3c(F)cccc3F)CC2=O)cc1. The van der Waals surface area contributed by atoms with Gasteiger partial charge in [-0.2, -0.15) is 0 Å². The molecule has 3 rings (SSSR count). The predicted molar refractivity (Wildman–Crippen MR) is 96.2 cm³/mol. The fourth-order valence-corrected chi connectivity index (χ4v) is 2.90. The van der Waals surface area contributed by atoms with Crippen molar-refractivity contribution in [2.75, 3.05) is 22.1 Å². The highest BCUT2D eigenvalue weighted by Gasteiger charge is 2.35. The molecule has 1 fully saturated rings. The summed E-state index contributed by atoms with van der Waals surface area (Å²) in [6.45, 7) is 1.49. The van der Waals surface area contributed by atoms with E-state index in [2.05, 4.69) is 10.6 Å². The van der Waals surface area contributed by atoms with Crippen molar-refractivity contribution in [1.82, 2.24) is 0 Å². The normalized spacial score (nSPS) is 16.3. The molecule has 27 heavy (non-hydrogen) atoms. The van der Waals surface area contributed by atoms with Gasteiger partial charge in [-0.1, -0.05) is 6.07 Å². The number of carbonyl (C=O) groups is 3. The number of hydrogen-bond donors (Lipinski definition) is 2. The average molecular weight is 373 g/mol. The number of carbonyl (C=O) groups excluding carboxylic acids is 3. The second-order valence-electron chi connectivity index (χ2n) is 6.22. The van der Waals surface area contributed by atoms with Crippen LogP contribution in [-0.2, 0) is 14.4 Å². The molecule has 0 spiro atoms. The van der Waals surface area contributed by atoms with E-state index in [0.29, 0.717) is 11.4 Å². The van der Waals surface area contributed by atoms with E-state index in [1.807, 2.05) is 0 Å². The molecule has 3 amide bonds. The zero-order valence-corrected chi connectivity index (χ0v) is 14.5. The molecule has 2 N–H and O–H groups in total. The van der Waals surface area contributed by atoms with Gasteiger partial charge in [-0.05, 0) is 36.4 Å². The number of para-hydroxylation sites is 1. The van der Waals surface area contributed by atoms with Crippen LogP contribution >= 0.6 is 0 Å². The molecule has 1 unspecified atom stereocenters. The highest BCUT2D eigenvalue weighted by molar-refractivity contribution is 6.03. The van der Waals surface area contributed by atoms with Gasteiger partial charge < -0.3 is 15.5 Å². The molecule has 0 bridgehead atoms. The van der Waals surface area contributed by atoms with E-state index in [1.165, 1.54) is 17.9 Å². The van der Waals surface area contributed by atoms with Crippen molar-refractivity contribution >= 4 is 34.8 Å². The number of hydrogen-bond acceptors (Lipinski definition) is 3. The molecule has 1 aliphatic rings. The van der Waals surface area contributed by atoms with E-state index >= 15 is 0 Å². The van der Waals surface area contributed by atoms with E-state index in [0.717, 1.165) is 12.1 Å². The third-order valence-corrected chi connectivity index (χ3v) is 4.21. The molecule has 0 saturated carbocycles. The molecule has 1 saturated heterocycles. The summed E-state index contributed by atoms with van der Waals surface area (Å²) in [5.74, 6) is -3.58. The first kappa shape index (κ1) is 18.5. The molecule has 1 aliphatic heterocycles. The Bertz CT molecular complexity index is 879. The van der Waals surface area contributed by atoms with Crippen LogP contribution in [0.25, 0.3) is 0 Å². The summed E-state index contributed by atoms with van der Waals surface area (Å²) in [5.41, 5.74) is 0.636. The number of halogens is 2. The Morgan fingerprint density at radius 2 is 1.67 bits per heavy atom. The molecular formula is C19H17F2N3O3. The van der Waals surface area contributed by atoms with Crippen LogP contribution in [0, 0.1) is 17.6 Å². The smallest absolute Gasteiger partial charge is 0.229 e. The van der Waals surface area contributed by atoms with Crippen LogP contribution < -0.4 is 15.5 Å². The molecule has 0 aromatic heterocycles. The molecule has 2 aromatic carbocycles. The summed E-state index contributed by atoms with van der Waals surface area (Å²) in [4.78, 5) is 37.1. The molecular weight excluding hydrogens is 356 g/mol. The molecule has 2 aromatic rings. The zero-order valence-electron chi connectivity index (χ0n) is 14.5. The van der Waals surface area contributed by atoms with Crippen LogP contribution in [0.1, 0.15) is 13.3 Å². The Morgan fingerprint density at radius 1 is 1.04 bits per heavy atom. The van der Waals surface area contributed by atoms with E-state index in [-0.39, 0.29) is 24.8 Å². The quantitative estimate of drug-likeness (QED) is 0.865.